The van der Waals surface area contributed by atoms with Crippen LogP contribution < -0.4 is 0 Å². The molecule has 2 heterocycles. The van der Waals surface area contributed by atoms with E-state index < -0.39 is 92.6 Å². The van der Waals surface area contributed by atoms with Crippen LogP contribution in [0.4, 0.5) is 0 Å². The smallest absolute Gasteiger partial charge is 0.397 e. The molecule has 0 bridgehead atoms. The summed E-state index contributed by atoms with van der Waals surface area (Å²) in [5.74, 6) is -2.74. The lowest BCUT2D eigenvalue weighted by molar-refractivity contribution is -0.299. The molecule has 2 rings (SSSR count). The van der Waals surface area contributed by atoms with E-state index in [1.807, 2.05) is 0 Å². The SMILES string of the molecule is CCC1CC(OS(=O)(=O)O)C(OS(=O)(=O)O)[C@@H](O[C@@H]2C(C(=O)O)OCC(OS(=O)(=O)O)C2C)O1. The fraction of sp³-hybridized carbons (Fsp3) is 0.929. The Morgan fingerprint density at radius 2 is 1.44 bits per heavy atom. The van der Waals surface area contributed by atoms with Gasteiger partial charge >= 0.3 is 37.2 Å². The molecule has 2 saturated heterocycles. The van der Waals surface area contributed by atoms with Crippen molar-refractivity contribution < 1.29 is 75.6 Å². The van der Waals surface area contributed by atoms with E-state index in [4.69, 9.17) is 27.9 Å². The first-order valence-electron chi connectivity index (χ1n) is 9.52. The average molecular weight is 561 g/mol. The van der Waals surface area contributed by atoms with Crippen LogP contribution in [0.5, 0.6) is 0 Å². The molecule has 8 atom stereocenters. The van der Waals surface area contributed by atoms with Crippen molar-refractivity contribution in [3.05, 3.63) is 0 Å². The van der Waals surface area contributed by atoms with Crippen molar-refractivity contribution in [2.75, 3.05) is 6.61 Å². The Hall–Kier alpha value is -1.04. The summed E-state index contributed by atoms with van der Waals surface area (Å²) in [6.45, 7) is 2.25. The largest absolute Gasteiger partial charge is 0.479 e. The molecule has 20 heteroatoms. The number of hydrogen-bond acceptors (Lipinski definition) is 13. The normalized spacial score (nSPS) is 35.7. The van der Waals surface area contributed by atoms with E-state index in [1.54, 1.807) is 6.92 Å². The van der Waals surface area contributed by atoms with Crippen LogP contribution in [-0.2, 0) is 62.8 Å². The monoisotopic (exact) mass is 560 g/mol. The van der Waals surface area contributed by atoms with Gasteiger partial charge in [0.2, 0.25) is 0 Å². The standard InChI is InChI=1S/C14H24O17S3/c1-3-7-4-8(29-32(17,18)19)11(31-34(23,24)25)14(27-7)28-10-6(2)9(30-33(20,21)22)5-26-12(10)13(15)16/h6-12,14H,3-5H2,1-2H3,(H,15,16)(H,17,18,19)(H,20,21,22)(H,23,24,25)/t6?,7?,8?,9?,10-,11?,12?,14+/m0/s1. The maximum absolute atomic E-state index is 11.7. The molecule has 2 aliphatic rings. The first-order valence-corrected chi connectivity index (χ1v) is 13.6. The number of carbonyl (C=O) groups is 1. The van der Waals surface area contributed by atoms with Crippen LogP contribution in [0.1, 0.15) is 26.7 Å². The topological polar surface area (TPSA) is 256 Å². The summed E-state index contributed by atoms with van der Waals surface area (Å²) in [5.41, 5.74) is 0. The van der Waals surface area contributed by atoms with Crippen LogP contribution in [0.3, 0.4) is 0 Å². The summed E-state index contributed by atoms with van der Waals surface area (Å²) in [7, 11) is -15.4. The molecule has 200 valence electrons. The molecule has 0 spiro atoms. The van der Waals surface area contributed by atoms with Gasteiger partial charge in [0.1, 0.15) is 18.3 Å². The van der Waals surface area contributed by atoms with Crippen LogP contribution in [0.2, 0.25) is 0 Å². The number of carboxylic acids is 1. The van der Waals surface area contributed by atoms with Gasteiger partial charge in [0, 0.05) is 12.3 Å². The summed E-state index contributed by atoms with van der Waals surface area (Å²) >= 11 is 0. The second kappa shape index (κ2) is 10.9. The van der Waals surface area contributed by atoms with Gasteiger partial charge in [-0.15, -0.1) is 0 Å². The predicted molar refractivity (Wildman–Crippen MR) is 104 cm³/mol. The summed E-state index contributed by atoms with van der Waals surface area (Å²) in [6.07, 6.45) is -11.7. The molecule has 0 aromatic rings. The van der Waals surface area contributed by atoms with Gasteiger partial charge in [-0.05, 0) is 6.42 Å². The van der Waals surface area contributed by atoms with E-state index in [-0.39, 0.29) is 12.8 Å². The van der Waals surface area contributed by atoms with Crippen molar-refractivity contribution >= 4 is 37.2 Å². The third kappa shape index (κ3) is 8.57. The van der Waals surface area contributed by atoms with Gasteiger partial charge in [-0.1, -0.05) is 13.8 Å². The second-order valence-corrected chi connectivity index (χ2v) is 10.6. The van der Waals surface area contributed by atoms with Crippen LogP contribution in [0.25, 0.3) is 0 Å². The number of carboxylic acid groups (broad SMARTS) is 1. The average Bonchev–Trinajstić information content (AvgIpc) is 2.63. The Morgan fingerprint density at radius 3 is 1.91 bits per heavy atom. The van der Waals surface area contributed by atoms with Gasteiger partial charge < -0.3 is 19.3 Å². The van der Waals surface area contributed by atoms with Crippen molar-refractivity contribution in [2.24, 2.45) is 5.92 Å². The van der Waals surface area contributed by atoms with Crippen LogP contribution in [-0.4, -0.2) is 99.5 Å². The molecule has 34 heavy (non-hydrogen) atoms. The lowest BCUT2D eigenvalue weighted by Gasteiger charge is -2.44. The molecule has 0 aromatic heterocycles. The molecule has 0 aromatic carbocycles. The quantitative estimate of drug-likeness (QED) is 0.223. The predicted octanol–water partition coefficient (Wildman–Crippen LogP) is -1.42. The molecular formula is C14H24O17S3. The maximum atomic E-state index is 11.7. The molecule has 4 N–H and O–H groups in total. The Kier molecular flexibility index (Phi) is 9.38. The minimum Gasteiger partial charge on any atom is -0.479 e. The Labute approximate surface area is 195 Å². The molecule has 0 saturated carbocycles. The highest BCUT2D eigenvalue weighted by molar-refractivity contribution is 7.81. The minimum atomic E-state index is -5.29. The summed E-state index contributed by atoms with van der Waals surface area (Å²) < 4.78 is 124. The highest BCUT2D eigenvalue weighted by Gasteiger charge is 2.51. The lowest BCUT2D eigenvalue weighted by atomic mass is 9.91. The van der Waals surface area contributed by atoms with E-state index in [1.165, 1.54) is 6.92 Å². The summed E-state index contributed by atoms with van der Waals surface area (Å²) in [5, 5.41) is 9.47. The first-order chi connectivity index (χ1) is 15.4. The highest BCUT2D eigenvalue weighted by atomic mass is 32.3. The molecule has 2 fully saturated rings. The van der Waals surface area contributed by atoms with Crippen LogP contribution in [0.15, 0.2) is 0 Å². The fourth-order valence-electron chi connectivity index (χ4n) is 3.53. The van der Waals surface area contributed by atoms with Gasteiger partial charge in [0.15, 0.2) is 18.5 Å². The van der Waals surface area contributed by atoms with Crippen LogP contribution >= 0.6 is 0 Å². The van der Waals surface area contributed by atoms with E-state index in [9.17, 15) is 35.2 Å². The van der Waals surface area contributed by atoms with E-state index in [0.717, 1.165) is 0 Å². The molecule has 0 amide bonds. The molecule has 0 aliphatic carbocycles. The number of hydrogen-bond donors (Lipinski definition) is 4. The van der Waals surface area contributed by atoms with Gasteiger partial charge in [-0.25, -0.2) is 17.3 Å². The van der Waals surface area contributed by atoms with E-state index in [0.29, 0.717) is 0 Å². The zero-order valence-corrected chi connectivity index (χ0v) is 20.0. The van der Waals surface area contributed by atoms with Gasteiger partial charge in [-0.2, -0.15) is 25.3 Å². The summed E-state index contributed by atoms with van der Waals surface area (Å²) in [4.78, 5) is 11.7. The van der Waals surface area contributed by atoms with Gasteiger partial charge in [-0.3, -0.25) is 13.7 Å². The van der Waals surface area contributed by atoms with Crippen molar-refractivity contribution in [3.8, 4) is 0 Å². The zero-order chi connectivity index (χ0) is 26.1. The molecule has 2 aliphatic heterocycles. The fourth-order valence-corrected chi connectivity index (χ4v) is 5.07. The first kappa shape index (κ1) is 29.2. The van der Waals surface area contributed by atoms with Gasteiger partial charge in [0.25, 0.3) is 0 Å². The van der Waals surface area contributed by atoms with Crippen molar-refractivity contribution in [1.29, 1.82) is 0 Å². The second-order valence-electron chi connectivity index (χ2n) is 7.44. The zero-order valence-electron chi connectivity index (χ0n) is 17.6. The highest BCUT2D eigenvalue weighted by Crippen LogP contribution is 2.34. The molecule has 0 radical (unpaired) electrons. The molecule has 6 unspecified atom stereocenters. The Morgan fingerprint density at radius 1 is 0.912 bits per heavy atom. The van der Waals surface area contributed by atoms with Crippen LogP contribution in [0, 0.1) is 5.92 Å². The summed E-state index contributed by atoms with van der Waals surface area (Å²) in [6, 6.07) is 0. The lowest BCUT2D eigenvalue weighted by Crippen LogP contribution is -2.59. The van der Waals surface area contributed by atoms with E-state index >= 15 is 0 Å². The third-order valence-electron chi connectivity index (χ3n) is 5.01. The Balaban J connectivity index is 2.43. The minimum absolute atomic E-state index is 0.178. The number of ether oxygens (including phenoxy) is 3. The van der Waals surface area contributed by atoms with E-state index in [2.05, 4.69) is 12.5 Å². The van der Waals surface area contributed by atoms with Gasteiger partial charge in [0.05, 0.1) is 12.7 Å². The maximum Gasteiger partial charge on any atom is 0.397 e. The Bertz CT molecular complexity index is 1040. The number of rotatable bonds is 10. The molecular weight excluding hydrogens is 536 g/mol. The van der Waals surface area contributed by atoms with Crippen molar-refractivity contribution in [1.82, 2.24) is 0 Å². The molecule has 17 nitrogen and oxygen atoms in total. The third-order valence-corrected chi connectivity index (χ3v) is 6.46. The van der Waals surface area contributed by atoms with Crippen molar-refractivity contribution in [2.45, 2.75) is 69.6 Å². The number of aliphatic carboxylic acids is 1. The van der Waals surface area contributed by atoms with Crippen molar-refractivity contribution in [3.63, 3.8) is 0 Å².